The molecule has 1 atom stereocenters. The standard InChI is InChI=1S/C57H43N5/c1-3-16-37(17-4-1)38-28-30-39(31-29-38)54-58-55(40-18-15-19-41(34-40)61-50-25-10-6-21-43(50)44-22-7-11-26-51(44)61)60-56(59-54)62-52-27-12-8-23-45(52)47-35-46-42-20-5-9-24-48(42)57(32-13-2-14-33-57)49(46)36-53(47)62/h1,3-12,15-31,34-36,55H,2,13-14,32-33H2,(H,58,59,60). The van der Waals surface area contributed by atoms with Crippen molar-refractivity contribution >= 4 is 55.4 Å². The molecule has 2 aliphatic carbocycles. The fraction of sp³-hybridized carbons (Fsp3) is 0.123. The molecule has 0 radical (unpaired) electrons. The largest absolute Gasteiger partial charge is 0.310 e. The van der Waals surface area contributed by atoms with Crippen LogP contribution in [0.4, 0.5) is 0 Å². The molecule has 0 saturated heterocycles. The van der Waals surface area contributed by atoms with Gasteiger partial charge in [0.15, 0.2) is 6.17 Å². The van der Waals surface area contributed by atoms with Crippen molar-refractivity contribution in [2.75, 3.05) is 0 Å². The van der Waals surface area contributed by atoms with Crippen molar-refractivity contribution in [2.45, 2.75) is 43.7 Å². The molecule has 1 saturated carbocycles. The Morgan fingerprint density at radius 2 is 1.05 bits per heavy atom. The molecule has 5 heteroatoms. The first-order valence-corrected chi connectivity index (χ1v) is 22.1. The van der Waals surface area contributed by atoms with Crippen LogP contribution in [-0.4, -0.2) is 20.9 Å². The SMILES string of the molecule is c1ccc(-c2ccc(C3=NC(c4cccc(-n5c6ccccc6c6ccccc65)c4)N=C(n4c5ccccc5c5cc6c(cc54)C4(CCCCC4)c4ccccc4-6)N3)cc2)cc1. The van der Waals surface area contributed by atoms with Crippen LogP contribution in [-0.2, 0) is 5.41 Å². The molecule has 1 N–H and O–H groups in total. The lowest BCUT2D eigenvalue weighted by Crippen LogP contribution is -2.39. The molecule has 0 amide bonds. The highest BCUT2D eigenvalue weighted by atomic mass is 15.3. The topological polar surface area (TPSA) is 46.6 Å². The van der Waals surface area contributed by atoms with E-state index in [9.17, 15) is 0 Å². The molecule has 3 heterocycles. The number of rotatable bonds is 4. The van der Waals surface area contributed by atoms with Gasteiger partial charge in [-0.25, -0.2) is 9.98 Å². The molecule has 1 spiro atoms. The molecule has 5 nitrogen and oxygen atoms in total. The van der Waals surface area contributed by atoms with E-state index >= 15 is 0 Å². The molecule has 1 unspecified atom stereocenters. The van der Waals surface area contributed by atoms with E-state index in [1.165, 1.54) is 104 Å². The summed E-state index contributed by atoms with van der Waals surface area (Å²) in [5.41, 5.74) is 15.9. The van der Waals surface area contributed by atoms with Crippen molar-refractivity contribution in [2.24, 2.45) is 9.98 Å². The van der Waals surface area contributed by atoms with Crippen LogP contribution in [0.15, 0.2) is 198 Å². The minimum atomic E-state index is -0.498. The average Bonchev–Trinajstić information content (AvgIpc) is 3.95. The van der Waals surface area contributed by atoms with Gasteiger partial charge in [0.05, 0.1) is 22.1 Å². The molecule has 3 aliphatic rings. The fourth-order valence-corrected chi connectivity index (χ4v) is 11.2. The molecule has 62 heavy (non-hydrogen) atoms. The summed E-state index contributed by atoms with van der Waals surface area (Å²) >= 11 is 0. The number of hydrogen-bond donors (Lipinski definition) is 1. The fourth-order valence-electron chi connectivity index (χ4n) is 11.2. The molecule has 2 aromatic heterocycles. The van der Waals surface area contributed by atoms with Crippen molar-refractivity contribution in [3.63, 3.8) is 0 Å². The minimum Gasteiger partial charge on any atom is -0.310 e. The number of benzene rings is 8. The van der Waals surface area contributed by atoms with Gasteiger partial charge < -0.3 is 9.88 Å². The Labute approximate surface area is 360 Å². The van der Waals surface area contributed by atoms with E-state index in [1.807, 2.05) is 0 Å². The second kappa shape index (κ2) is 13.8. The zero-order valence-electron chi connectivity index (χ0n) is 34.3. The number of nitrogens with zero attached hydrogens (tertiary/aromatic N) is 4. The number of hydrogen-bond acceptors (Lipinski definition) is 3. The van der Waals surface area contributed by atoms with E-state index in [0.29, 0.717) is 0 Å². The van der Waals surface area contributed by atoms with E-state index in [-0.39, 0.29) is 5.41 Å². The van der Waals surface area contributed by atoms with Crippen LogP contribution in [0.5, 0.6) is 0 Å². The van der Waals surface area contributed by atoms with Gasteiger partial charge in [0.1, 0.15) is 5.84 Å². The molecular weight excluding hydrogens is 755 g/mol. The number of aromatic nitrogens is 2. The first-order valence-electron chi connectivity index (χ1n) is 22.1. The van der Waals surface area contributed by atoms with E-state index in [4.69, 9.17) is 9.98 Å². The quantitative estimate of drug-likeness (QED) is 0.189. The summed E-state index contributed by atoms with van der Waals surface area (Å²) in [5, 5.41) is 8.77. The maximum absolute atomic E-state index is 5.59. The Morgan fingerprint density at radius 1 is 0.435 bits per heavy atom. The lowest BCUT2D eigenvalue weighted by Gasteiger charge is -2.36. The van der Waals surface area contributed by atoms with Gasteiger partial charge in [-0.05, 0) is 88.7 Å². The monoisotopic (exact) mass is 797 g/mol. The number of nitrogens with one attached hydrogen (secondary N) is 1. The average molecular weight is 798 g/mol. The number of amidine groups is 1. The first-order chi connectivity index (χ1) is 30.7. The summed E-state index contributed by atoms with van der Waals surface area (Å²) in [7, 11) is 0. The van der Waals surface area contributed by atoms with Crippen LogP contribution in [0.1, 0.15) is 60.5 Å². The molecule has 1 fully saturated rings. The zero-order valence-corrected chi connectivity index (χ0v) is 34.3. The van der Waals surface area contributed by atoms with Gasteiger partial charge in [0.25, 0.3) is 0 Å². The summed E-state index contributed by atoms with van der Waals surface area (Å²) in [6, 6.07) is 68.5. The van der Waals surface area contributed by atoms with Gasteiger partial charge in [0, 0.05) is 43.8 Å². The molecular formula is C57H43N5. The summed E-state index contributed by atoms with van der Waals surface area (Å²) in [5.74, 6) is 1.57. The maximum Gasteiger partial charge on any atom is 0.211 e. The molecule has 8 aromatic carbocycles. The van der Waals surface area contributed by atoms with Gasteiger partial charge in [-0.1, -0.05) is 165 Å². The van der Waals surface area contributed by atoms with E-state index < -0.39 is 6.17 Å². The molecule has 1 aliphatic heterocycles. The molecule has 0 bridgehead atoms. The molecule has 13 rings (SSSR count). The third-order valence-electron chi connectivity index (χ3n) is 14.0. The summed E-state index contributed by atoms with van der Waals surface area (Å²) in [6.45, 7) is 0. The number of para-hydroxylation sites is 3. The Bertz CT molecular complexity index is 3420. The highest BCUT2D eigenvalue weighted by molar-refractivity contribution is 6.19. The van der Waals surface area contributed by atoms with Gasteiger partial charge in [-0.15, -0.1) is 0 Å². The van der Waals surface area contributed by atoms with Crippen molar-refractivity contribution in [3.8, 4) is 27.9 Å². The van der Waals surface area contributed by atoms with Crippen molar-refractivity contribution in [1.29, 1.82) is 0 Å². The highest BCUT2D eigenvalue weighted by Crippen LogP contribution is 2.57. The van der Waals surface area contributed by atoms with E-state index in [0.717, 1.165) is 34.1 Å². The van der Waals surface area contributed by atoms with E-state index in [1.54, 1.807) is 0 Å². The Balaban J connectivity index is 1.01. The minimum absolute atomic E-state index is 0.0321. The Kier molecular flexibility index (Phi) is 7.83. The third kappa shape index (κ3) is 5.27. The van der Waals surface area contributed by atoms with Gasteiger partial charge in [-0.2, -0.15) is 0 Å². The van der Waals surface area contributed by atoms with Crippen LogP contribution in [0.25, 0.3) is 71.6 Å². The van der Waals surface area contributed by atoms with Gasteiger partial charge in [-0.3, -0.25) is 4.57 Å². The maximum atomic E-state index is 5.59. The Hall–Kier alpha value is -7.50. The predicted molar refractivity (Wildman–Crippen MR) is 257 cm³/mol. The second-order valence-corrected chi connectivity index (χ2v) is 17.3. The Morgan fingerprint density at radius 3 is 1.79 bits per heavy atom. The first kappa shape index (κ1) is 35.3. The van der Waals surface area contributed by atoms with Gasteiger partial charge in [0.2, 0.25) is 5.96 Å². The second-order valence-electron chi connectivity index (χ2n) is 17.3. The van der Waals surface area contributed by atoms with Crippen molar-refractivity contribution in [1.82, 2.24) is 14.5 Å². The predicted octanol–water partition coefficient (Wildman–Crippen LogP) is 13.7. The lowest BCUT2D eigenvalue weighted by molar-refractivity contribution is 0.353. The van der Waals surface area contributed by atoms with Crippen LogP contribution in [0.3, 0.4) is 0 Å². The lowest BCUT2D eigenvalue weighted by atomic mass is 9.68. The van der Waals surface area contributed by atoms with Crippen LogP contribution in [0, 0.1) is 0 Å². The van der Waals surface area contributed by atoms with Crippen molar-refractivity contribution < 1.29 is 0 Å². The number of aliphatic imine (C=N–C) groups is 2. The number of fused-ring (bicyclic) bond motifs is 11. The smallest absolute Gasteiger partial charge is 0.211 e. The van der Waals surface area contributed by atoms with Crippen LogP contribution < -0.4 is 5.32 Å². The summed E-state index contributed by atoms with van der Waals surface area (Å²) in [6.07, 6.45) is 5.67. The summed E-state index contributed by atoms with van der Waals surface area (Å²) in [4.78, 5) is 11.0. The van der Waals surface area contributed by atoms with Gasteiger partial charge >= 0.3 is 0 Å². The summed E-state index contributed by atoms with van der Waals surface area (Å²) < 4.78 is 4.75. The third-order valence-corrected chi connectivity index (χ3v) is 14.0. The molecule has 296 valence electrons. The normalized spacial score (nSPS) is 16.7. The van der Waals surface area contributed by atoms with Crippen molar-refractivity contribution in [3.05, 3.63) is 210 Å². The van der Waals surface area contributed by atoms with E-state index in [2.05, 4.69) is 203 Å². The van der Waals surface area contributed by atoms with Crippen LogP contribution >= 0.6 is 0 Å². The highest BCUT2D eigenvalue weighted by Gasteiger charge is 2.44. The molecule has 10 aromatic rings. The van der Waals surface area contributed by atoms with Crippen LogP contribution in [0.2, 0.25) is 0 Å². The zero-order chi connectivity index (χ0) is 40.8.